The molecule has 3 aliphatic rings. The smallest absolute Gasteiger partial charge is 0.323 e. The summed E-state index contributed by atoms with van der Waals surface area (Å²) in [6.07, 6.45) is 9.30. The lowest BCUT2D eigenvalue weighted by Crippen LogP contribution is -2.48. The van der Waals surface area contributed by atoms with Crippen molar-refractivity contribution in [2.45, 2.75) is 69.6 Å². The van der Waals surface area contributed by atoms with Gasteiger partial charge in [-0.25, -0.2) is 0 Å². The minimum Gasteiger partial charge on any atom is -0.461 e. The van der Waals surface area contributed by atoms with E-state index in [1.807, 2.05) is 0 Å². The molecule has 1 unspecified atom stereocenters. The largest absolute Gasteiger partial charge is 0.461 e. The van der Waals surface area contributed by atoms with E-state index < -0.39 is 0 Å². The molecule has 108 valence electrons. The van der Waals surface area contributed by atoms with Gasteiger partial charge >= 0.3 is 5.97 Å². The summed E-state index contributed by atoms with van der Waals surface area (Å²) in [5, 5.41) is 3.40. The van der Waals surface area contributed by atoms with Crippen LogP contribution in [-0.4, -0.2) is 48.7 Å². The number of nitrogens with one attached hydrogen (secondary N) is 1. The maximum atomic E-state index is 12.4. The quantitative estimate of drug-likeness (QED) is 0.789. The van der Waals surface area contributed by atoms with Crippen LogP contribution in [0.1, 0.15) is 51.4 Å². The summed E-state index contributed by atoms with van der Waals surface area (Å²) in [4.78, 5) is 14.8. The van der Waals surface area contributed by atoms with Crippen molar-refractivity contribution in [2.24, 2.45) is 0 Å². The highest BCUT2D eigenvalue weighted by Gasteiger charge is 2.37. The number of nitrogens with zero attached hydrogens (tertiary/aromatic N) is 1. The summed E-state index contributed by atoms with van der Waals surface area (Å²) < 4.78 is 5.72. The molecule has 0 aromatic carbocycles. The molecule has 0 bridgehead atoms. The van der Waals surface area contributed by atoms with E-state index in [0.29, 0.717) is 6.04 Å². The number of esters is 1. The minimum atomic E-state index is 0.0451. The second-order valence-electron chi connectivity index (χ2n) is 6.22. The maximum absolute atomic E-state index is 12.4. The van der Waals surface area contributed by atoms with Crippen LogP contribution in [0.5, 0.6) is 0 Å². The highest BCUT2D eigenvalue weighted by molar-refractivity contribution is 5.76. The van der Waals surface area contributed by atoms with E-state index in [1.165, 1.54) is 25.7 Å². The lowest BCUT2D eigenvalue weighted by Gasteiger charge is -2.35. The van der Waals surface area contributed by atoms with Gasteiger partial charge < -0.3 is 10.1 Å². The lowest BCUT2D eigenvalue weighted by molar-refractivity contribution is -0.155. The third-order valence-corrected chi connectivity index (χ3v) is 4.93. The Bertz CT molecular complexity index is 309. The number of carbonyl (C=O) groups is 1. The number of rotatable bonds is 3. The van der Waals surface area contributed by atoms with Gasteiger partial charge in [0.25, 0.3) is 0 Å². The zero-order chi connectivity index (χ0) is 13.1. The van der Waals surface area contributed by atoms with Gasteiger partial charge in [-0.15, -0.1) is 0 Å². The van der Waals surface area contributed by atoms with Gasteiger partial charge in [0.2, 0.25) is 0 Å². The van der Waals surface area contributed by atoms with E-state index in [-0.39, 0.29) is 18.1 Å². The number of likely N-dealkylation sites (tertiary alicyclic amines) is 1. The topological polar surface area (TPSA) is 41.6 Å². The third kappa shape index (κ3) is 3.11. The molecule has 0 amide bonds. The molecule has 0 spiro atoms. The highest BCUT2D eigenvalue weighted by Crippen LogP contribution is 2.27. The first-order valence-corrected chi connectivity index (χ1v) is 8.01. The lowest BCUT2D eigenvalue weighted by atomic mass is 10.0. The molecule has 0 aromatic heterocycles. The normalized spacial score (nSPS) is 30.8. The Hall–Kier alpha value is -0.610. The van der Waals surface area contributed by atoms with Gasteiger partial charge in [0.05, 0.1) is 0 Å². The van der Waals surface area contributed by atoms with Gasteiger partial charge in [-0.3, -0.25) is 9.69 Å². The zero-order valence-corrected chi connectivity index (χ0v) is 11.8. The Morgan fingerprint density at radius 1 is 1.00 bits per heavy atom. The van der Waals surface area contributed by atoms with E-state index in [4.69, 9.17) is 4.74 Å². The fourth-order valence-corrected chi connectivity index (χ4v) is 3.87. The Balaban J connectivity index is 1.56. The van der Waals surface area contributed by atoms with E-state index in [2.05, 4.69) is 10.2 Å². The second-order valence-corrected chi connectivity index (χ2v) is 6.22. The zero-order valence-electron chi connectivity index (χ0n) is 11.8. The molecular formula is C15H26N2O2. The number of ether oxygens (including phenoxy) is 1. The van der Waals surface area contributed by atoms with Gasteiger partial charge in [-0.1, -0.05) is 0 Å². The molecule has 19 heavy (non-hydrogen) atoms. The van der Waals surface area contributed by atoms with Crippen LogP contribution in [0.15, 0.2) is 0 Å². The Morgan fingerprint density at radius 3 is 2.47 bits per heavy atom. The molecule has 3 fully saturated rings. The molecule has 1 N–H and O–H groups in total. The summed E-state index contributed by atoms with van der Waals surface area (Å²) in [7, 11) is 0. The Labute approximate surface area is 115 Å². The number of hydrogen-bond donors (Lipinski definition) is 1. The molecule has 4 nitrogen and oxygen atoms in total. The van der Waals surface area contributed by atoms with Crippen LogP contribution in [0.4, 0.5) is 0 Å². The standard InChI is InChI=1S/C15H26N2O2/c18-15(19-13-4-1-2-5-13)14-6-3-11-17(14)12-7-9-16-10-8-12/h12-14,16H,1-11H2. The summed E-state index contributed by atoms with van der Waals surface area (Å²) >= 11 is 0. The van der Waals surface area contributed by atoms with Crippen molar-refractivity contribution in [3.8, 4) is 0 Å². The molecule has 2 heterocycles. The van der Waals surface area contributed by atoms with Crippen LogP contribution in [-0.2, 0) is 9.53 Å². The fourth-order valence-electron chi connectivity index (χ4n) is 3.87. The fraction of sp³-hybridized carbons (Fsp3) is 0.933. The van der Waals surface area contributed by atoms with Crippen LogP contribution in [0.25, 0.3) is 0 Å². The third-order valence-electron chi connectivity index (χ3n) is 4.93. The van der Waals surface area contributed by atoms with E-state index >= 15 is 0 Å². The predicted molar refractivity (Wildman–Crippen MR) is 74.0 cm³/mol. The molecular weight excluding hydrogens is 240 g/mol. The number of hydrogen-bond acceptors (Lipinski definition) is 4. The van der Waals surface area contributed by atoms with Gasteiger partial charge in [0.1, 0.15) is 12.1 Å². The first-order chi connectivity index (χ1) is 9.34. The predicted octanol–water partition coefficient (Wildman–Crippen LogP) is 1.69. The van der Waals surface area contributed by atoms with Crippen molar-refractivity contribution in [1.82, 2.24) is 10.2 Å². The summed E-state index contributed by atoms with van der Waals surface area (Å²) in [6.45, 7) is 3.26. The van der Waals surface area contributed by atoms with Gasteiger partial charge in [-0.2, -0.15) is 0 Å². The van der Waals surface area contributed by atoms with E-state index in [1.54, 1.807) is 0 Å². The van der Waals surface area contributed by atoms with Crippen molar-refractivity contribution in [3.63, 3.8) is 0 Å². The average Bonchev–Trinajstić information content (AvgIpc) is 3.10. The molecule has 1 saturated carbocycles. The summed E-state index contributed by atoms with van der Waals surface area (Å²) in [5.74, 6) is 0.0583. The van der Waals surface area contributed by atoms with Crippen LogP contribution in [0.2, 0.25) is 0 Å². The van der Waals surface area contributed by atoms with Crippen molar-refractivity contribution in [1.29, 1.82) is 0 Å². The molecule has 0 radical (unpaired) electrons. The monoisotopic (exact) mass is 266 g/mol. The molecule has 2 aliphatic heterocycles. The molecule has 1 atom stereocenters. The van der Waals surface area contributed by atoms with E-state index in [9.17, 15) is 4.79 Å². The minimum absolute atomic E-state index is 0.0451. The maximum Gasteiger partial charge on any atom is 0.323 e. The van der Waals surface area contributed by atoms with Crippen LogP contribution in [0, 0.1) is 0 Å². The second kappa shape index (κ2) is 6.23. The first-order valence-electron chi connectivity index (χ1n) is 8.01. The Kier molecular flexibility index (Phi) is 4.38. The van der Waals surface area contributed by atoms with Crippen molar-refractivity contribution in [2.75, 3.05) is 19.6 Å². The average molecular weight is 266 g/mol. The van der Waals surface area contributed by atoms with Gasteiger partial charge in [0.15, 0.2) is 0 Å². The highest BCUT2D eigenvalue weighted by atomic mass is 16.5. The summed E-state index contributed by atoms with van der Waals surface area (Å²) in [6, 6.07) is 0.633. The van der Waals surface area contributed by atoms with E-state index in [0.717, 1.165) is 45.3 Å². The van der Waals surface area contributed by atoms with Crippen LogP contribution >= 0.6 is 0 Å². The summed E-state index contributed by atoms with van der Waals surface area (Å²) in [5.41, 5.74) is 0. The molecule has 2 saturated heterocycles. The number of carbonyl (C=O) groups excluding carboxylic acids is 1. The molecule has 3 rings (SSSR count). The van der Waals surface area contributed by atoms with Crippen LogP contribution in [0.3, 0.4) is 0 Å². The number of piperidine rings is 1. The molecule has 1 aliphatic carbocycles. The molecule has 4 heteroatoms. The van der Waals surface area contributed by atoms with Crippen LogP contribution < -0.4 is 5.32 Å². The first kappa shape index (κ1) is 13.4. The Morgan fingerprint density at radius 2 is 1.74 bits per heavy atom. The van der Waals surface area contributed by atoms with Crippen molar-refractivity contribution in [3.05, 3.63) is 0 Å². The molecule has 0 aromatic rings. The van der Waals surface area contributed by atoms with Crippen molar-refractivity contribution >= 4 is 5.97 Å². The van der Waals surface area contributed by atoms with Crippen molar-refractivity contribution < 1.29 is 9.53 Å². The van der Waals surface area contributed by atoms with Gasteiger partial charge in [0, 0.05) is 6.04 Å². The SMILES string of the molecule is O=C(OC1CCCC1)C1CCCN1C1CCNCC1. The van der Waals surface area contributed by atoms with Gasteiger partial charge in [-0.05, 0) is 71.0 Å².